The Kier molecular flexibility index (Phi) is 7.39. The van der Waals surface area contributed by atoms with Gasteiger partial charge in [-0.1, -0.05) is 12.1 Å². The van der Waals surface area contributed by atoms with Gasteiger partial charge in [0.05, 0.1) is 53.5 Å². The van der Waals surface area contributed by atoms with E-state index in [1.54, 1.807) is 36.4 Å². The first-order valence-electron chi connectivity index (χ1n) is 13.8. The van der Waals surface area contributed by atoms with Crippen molar-refractivity contribution in [2.75, 3.05) is 26.3 Å². The van der Waals surface area contributed by atoms with Crippen LogP contribution in [0.25, 0.3) is 11.0 Å². The lowest BCUT2D eigenvalue weighted by Gasteiger charge is -2.36. The molecule has 0 amide bonds. The second-order valence-electron chi connectivity index (χ2n) is 10.7. The van der Waals surface area contributed by atoms with Crippen LogP contribution in [0.15, 0.2) is 54.6 Å². The molecule has 0 aliphatic carbocycles. The molecule has 2 aliphatic rings. The number of likely N-dealkylation sites (tertiary alicyclic amines) is 1. The van der Waals surface area contributed by atoms with Gasteiger partial charge in [0, 0.05) is 23.2 Å². The van der Waals surface area contributed by atoms with Gasteiger partial charge >= 0.3 is 5.97 Å². The number of rotatable bonds is 6. The number of benzene rings is 2. The quantitative estimate of drug-likeness (QED) is 0.344. The van der Waals surface area contributed by atoms with Gasteiger partial charge in [-0.15, -0.1) is 0 Å². The first-order valence-corrected chi connectivity index (χ1v) is 13.8. The maximum absolute atomic E-state index is 14.3. The SMILES string of the molecule is C[C@@H]1COC[C@@H](N2CCC(c3cccc(OCc4ccc(C#N)cc4F)n3)CC2)c2nc3ccc(C(=O)O)cc3n21. The molecule has 1 N–H and O–H groups in total. The zero-order chi connectivity index (χ0) is 28.5. The molecule has 0 unspecified atom stereocenters. The molecule has 41 heavy (non-hydrogen) atoms. The fourth-order valence-electron chi connectivity index (χ4n) is 5.84. The molecule has 2 atom stereocenters. The maximum Gasteiger partial charge on any atom is 0.335 e. The van der Waals surface area contributed by atoms with E-state index in [0.717, 1.165) is 48.5 Å². The number of piperidine rings is 1. The van der Waals surface area contributed by atoms with E-state index in [-0.39, 0.29) is 35.7 Å². The number of halogens is 1. The normalized spacial score (nSPS) is 19.8. The number of imidazole rings is 1. The smallest absolute Gasteiger partial charge is 0.335 e. The fourth-order valence-corrected chi connectivity index (χ4v) is 5.84. The van der Waals surface area contributed by atoms with Crippen molar-refractivity contribution < 1.29 is 23.8 Å². The molecule has 0 spiro atoms. The summed E-state index contributed by atoms with van der Waals surface area (Å²) in [5, 5.41) is 18.4. The van der Waals surface area contributed by atoms with Crippen molar-refractivity contribution in [3.63, 3.8) is 0 Å². The number of nitriles is 1. The maximum atomic E-state index is 14.3. The molecule has 210 valence electrons. The van der Waals surface area contributed by atoms with Crippen LogP contribution in [0.4, 0.5) is 4.39 Å². The highest BCUT2D eigenvalue weighted by Gasteiger charge is 2.34. The number of carbonyl (C=O) groups is 1. The molecule has 2 aromatic carbocycles. The Bertz CT molecular complexity index is 1640. The summed E-state index contributed by atoms with van der Waals surface area (Å²) in [6, 6.07) is 17.0. The van der Waals surface area contributed by atoms with E-state index < -0.39 is 11.8 Å². The fraction of sp³-hybridized carbons (Fsp3) is 0.355. The van der Waals surface area contributed by atoms with E-state index in [1.165, 1.54) is 6.07 Å². The molecule has 4 heterocycles. The minimum atomic E-state index is -0.955. The van der Waals surface area contributed by atoms with Gasteiger partial charge in [0.1, 0.15) is 18.2 Å². The summed E-state index contributed by atoms with van der Waals surface area (Å²) in [5.74, 6) is 0.177. The number of fused-ring (bicyclic) bond motifs is 3. The molecule has 1 saturated heterocycles. The molecular weight excluding hydrogens is 525 g/mol. The van der Waals surface area contributed by atoms with Gasteiger partial charge in [0.25, 0.3) is 0 Å². The third kappa shape index (κ3) is 5.38. The lowest BCUT2D eigenvalue weighted by Crippen LogP contribution is -2.38. The topological polar surface area (TPSA) is 114 Å². The van der Waals surface area contributed by atoms with Crippen molar-refractivity contribution in [3.8, 4) is 11.9 Å². The minimum absolute atomic E-state index is 0.0293. The van der Waals surface area contributed by atoms with E-state index in [1.807, 2.05) is 18.2 Å². The monoisotopic (exact) mass is 555 g/mol. The highest BCUT2D eigenvalue weighted by atomic mass is 19.1. The molecule has 2 aliphatic heterocycles. The van der Waals surface area contributed by atoms with Crippen LogP contribution < -0.4 is 4.74 Å². The van der Waals surface area contributed by atoms with Crippen molar-refractivity contribution in [2.45, 2.75) is 44.4 Å². The van der Waals surface area contributed by atoms with E-state index >= 15 is 0 Å². The van der Waals surface area contributed by atoms with Gasteiger partial charge in [-0.2, -0.15) is 5.26 Å². The average molecular weight is 556 g/mol. The predicted octanol–water partition coefficient (Wildman–Crippen LogP) is 5.23. The lowest BCUT2D eigenvalue weighted by atomic mass is 9.92. The average Bonchev–Trinajstić information content (AvgIpc) is 3.29. The Morgan fingerprint density at radius 3 is 2.73 bits per heavy atom. The van der Waals surface area contributed by atoms with Crippen molar-refractivity contribution in [1.29, 1.82) is 5.26 Å². The zero-order valence-corrected chi connectivity index (χ0v) is 22.7. The van der Waals surface area contributed by atoms with Crippen LogP contribution in [0.5, 0.6) is 5.88 Å². The van der Waals surface area contributed by atoms with Crippen LogP contribution in [0.1, 0.15) is 70.8 Å². The number of ether oxygens (including phenoxy) is 2. The van der Waals surface area contributed by atoms with Gasteiger partial charge in [-0.25, -0.2) is 19.2 Å². The molecule has 10 heteroatoms. The molecule has 1 fully saturated rings. The molecule has 9 nitrogen and oxygen atoms in total. The van der Waals surface area contributed by atoms with Crippen LogP contribution in [0.2, 0.25) is 0 Å². The Balaban J connectivity index is 1.15. The van der Waals surface area contributed by atoms with E-state index in [0.29, 0.717) is 24.7 Å². The Morgan fingerprint density at radius 2 is 1.98 bits per heavy atom. The molecule has 0 saturated carbocycles. The Morgan fingerprint density at radius 1 is 1.15 bits per heavy atom. The molecule has 6 rings (SSSR count). The van der Waals surface area contributed by atoms with Gasteiger partial charge in [-0.05, 0) is 69.3 Å². The first kappa shape index (κ1) is 26.9. The third-order valence-corrected chi connectivity index (χ3v) is 8.03. The molecule has 2 aromatic heterocycles. The third-order valence-electron chi connectivity index (χ3n) is 8.03. The number of aromatic nitrogens is 3. The van der Waals surface area contributed by atoms with Gasteiger partial charge in [0.2, 0.25) is 5.88 Å². The van der Waals surface area contributed by atoms with Crippen LogP contribution in [0, 0.1) is 17.1 Å². The molecule has 0 radical (unpaired) electrons. The molecule has 4 aromatic rings. The molecule has 0 bridgehead atoms. The van der Waals surface area contributed by atoms with E-state index in [4.69, 9.17) is 24.7 Å². The summed E-state index contributed by atoms with van der Waals surface area (Å²) in [7, 11) is 0. The van der Waals surface area contributed by atoms with Crippen molar-refractivity contribution in [1.82, 2.24) is 19.4 Å². The molecular formula is C31H30FN5O4. The first-order chi connectivity index (χ1) is 19.9. The summed E-state index contributed by atoms with van der Waals surface area (Å²) >= 11 is 0. The number of hydrogen-bond acceptors (Lipinski definition) is 7. The van der Waals surface area contributed by atoms with E-state index in [2.05, 4.69) is 16.4 Å². The highest BCUT2D eigenvalue weighted by Crippen LogP contribution is 2.36. The van der Waals surface area contributed by atoms with Crippen LogP contribution in [0.3, 0.4) is 0 Å². The van der Waals surface area contributed by atoms with Crippen molar-refractivity contribution >= 4 is 17.0 Å². The summed E-state index contributed by atoms with van der Waals surface area (Å²) in [6.07, 6.45) is 1.80. The number of hydrogen-bond donors (Lipinski definition) is 1. The number of carboxylic acids is 1. The summed E-state index contributed by atoms with van der Waals surface area (Å²) in [6.45, 7) is 4.83. The van der Waals surface area contributed by atoms with Crippen molar-refractivity contribution in [2.24, 2.45) is 0 Å². The Hall–Kier alpha value is -4.33. The zero-order valence-electron chi connectivity index (χ0n) is 22.7. The minimum Gasteiger partial charge on any atom is -0.478 e. The standard InChI is InChI=1S/C31H30FN5O4/c1-19-16-40-18-28(30-35-26-8-7-22(31(38)39)14-27(26)37(19)30)36-11-9-21(10-12-36)25-3-2-4-29(34-25)41-17-23-6-5-20(15-33)13-24(23)32/h2-8,13-14,19,21,28H,9-12,16-18H2,1H3,(H,38,39)/t19-,28-/m1/s1. The lowest BCUT2D eigenvalue weighted by molar-refractivity contribution is 0.0479. The summed E-state index contributed by atoms with van der Waals surface area (Å²) in [5.41, 5.74) is 3.44. The largest absolute Gasteiger partial charge is 0.478 e. The second kappa shape index (κ2) is 11.3. The van der Waals surface area contributed by atoms with Crippen molar-refractivity contribution in [3.05, 3.63) is 88.6 Å². The van der Waals surface area contributed by atoms with E-state index in [9.17, 15) is 14.3 Å². The Labute approximate surface area is 236 Å². The van der Waals surface area contributed by atoms with Gasteiger partial charge in [0.15, 0.2) is 0 Å². The highest BCUT2D eigenvalue weighted by molar-refractivity contribution is 5.92. The predicted molar refractivity (Wildman–Crippen MR) is 148 cm³/mol. The van der Waals surface area contributed by atoms with Crippen LogP contribution in [-0.2, 0) is 11.3 Å². The number of carboxylic acid groups (broad SMARTS) is 1. The number of aromatic carboxylic acids is 1. The second-order valence-corrected chi connectivity index (χ2v) is 10.7. The number of pyridine rings is 1. The summed E-state index contributed by atoms with van der Waals surface area (Å²) in [4.78, 5) is 23.7. The summed E-state index contributed by atoms with van der Waals surface area (Å²) < 4.78 is 28.3. The van der Waals surface area contributed by atoms with Gasteiger partial charge in [-0.3, -0.25) is 4.90 Å². The van der Waals surface area contributed by atoms with Crippen LogP contribution in [-0.4, -0.2) is 56.8 Å². The van der Waals surface area contributed by atoms with Crippen LogP contribution >= 0.6 is 0 Å². The number of nitrogens with zero attached hydrogens (tertiary/aromatic N) is 5. The van der Waals surface area contributed by atoms with Gasteiger partial charge < -0.3 is 19.1 Å².